The minimum Gasteiger partial charge on any atom is -0.341 e. The van der Waals surface area contributed by atoms with Crippen molar-refractivity contribution in [3.8, 4) is 0 Å². The van der Waals surface area contributed by atoms with Crippen molar-refractivity contribution in [1.29, 1.82) is 0 Å². The summed E-state index contributed by atoms with van der Waals surface area (Å²) < 4.78 is 23.0. The van der Waals surface area contributed by atoms with Crippen molar-refractivity contribution in [2.45, 2.75) is 39.7 Å². The number of rotatable bonds is 4. The first-order valence-electron chi connectivity index (χ1n) is 7.93. The molecule has 0 aromatic heterocycles. The van der Waals surface area contributed by atoms with Gasteiger partial charge in [-0.25, -0.2) is 8.42 Å². The molecule has 1 aromatic carbocycles. The first-order chi connectivity index (χ1) is 11.1. The van der Waals surface area contributed by atoms with Gasteiger partial charge in [-0.2, -0.15) is 0 Å². The fraction of sp³-hybridized carbons (Fsp3) is 0.529. The van der Waals surface area contributed by atoms with Crippen molar-refractivity contribution in [1.82, 2.24) is 4.90 Å². The van der Waals surface area contributed by atoms with Crippen LogP contribution >= 0.6 is 0 Å². The number of carbonyl (C=O) groups excluding carboxylic acids is 2. The van der Waals surface area contributed by atoms with Gasteiger partial charge in [0.25, 0.3) is 0 Å². The molecule has 0 radical (unpaired) electrons. The molecule has 0 spiro atoms. The quantitative estimate of drug-likeness (QED) is 0.834. The Kier molecular flexibility index (Phi) is 5.32. The average molecular weight is 352 g/mol. The summed E-state index contributed by atoms with van der Waals surface area (Å²) in [4.78, 5) is 25.8. The van der Waals surface area contributed by atoms with Gasteiger partial charge in [0.1, 0.15) is 6.42 Å². The van der Waals surface area contributed by atoms with Gasteiger partial charge >= 0.3 is 0 Å². The normalized spacial score (nSPS) is 19.1. The number of nitrogens with one attached hydrogen (secondary N) is 1. The third-order valence-electron chi connectivity index (χ3n) is 4.40. The fourth-order valence-electron chi connectivity index (χ4n) is 3.11. The summed E-state index contributed by atoms with van der Waals surface area (Å²) in [5.41, 5.74) is 3.73. The first-order valence-corrected chi connectivity index (χ1v) is 9.75. The summed E-state index contributed by atoms with van der Waals surface area (Å²) in [5.74, 6) is -0.671. The van der Waals surface area contributed by atoms with Crippen molar-refractivity contribution >= 4 is 27.3 Å². The van der Waals surface area contributed by atoms with Gasteiger partial charge in [0.05, 0.1) is 11.5 Å². The van der Waals surface area contributed by atoms with E-state index >= 15 is 0 Å². The SMILES string of the molecule is Cc1cc(C)c(NC(=O)CC(=O)N(C)C2CCS(=O)(=O)C2)c(C)c1. The fourth-order valence-corrected chi connectivity index (χ4v) is 4.88. The molecule has 132 valence electrons. The van der Waals surface area contributed by atoms with Crippen molar-refractivity contribution < 1.29 is 18.0 Å². The Balaban J connectivity index is 1.99. The highest BCUT2D eigenvalue weighted by atomic mass is 32.2. The maximum Gasteiger partial charge on any atom is 0.233 e. The number of aryl methyl sites for hydroxylation is 3. The monoisotopic (exact) mass is 352 g/mol. The first kappa shape index (κ1) is 18.4. The van der Waals surface area contributed by atoms with Crippen LogP contribution in [0.3, 0.4) is 0 Å². The summed E-state index contributed by atoms with van der Waals surface area (Å²) in [5, 5.41) is 2.79. The standard InChI is InChI=1S/C17H24N2O4S/c1-11-7-12(2)17(13(3)8-11)18-15(20)9-16(21)19(4)14-5-6-24(22,23)10-14/h7-8,14H,5-6,9-10H2,1-4H3,(H,18,20). The molecular weight excluding hydrogens is 328 g/mol. The van der Waals surface area contributed by atoms with E-state index in [4.69, 9.17) is 0 Å². The Hall–Kier alpha value is -1.89. The van der Waals surface area contributed by atoms with Crippen LogP contribution in [-0.2, 0) is 19.4 Å². The molecule has 1 aliphatic heterocycles. The third kappa shape index (κ3) is 4.35. The summed E-state index contributed by atoms with van der Waals surface area (Å²) in [7, 11) is -1.50. The largest absolute Gasteiger partial charge is 0.341 e. The summed E-state index contributed by atoms with van der Waals surface area (Å²) in [6, 6.07) is 3.61. The number of hydrogen-bond acceptors (Lipinski definition) is 4. The van der Waals surface area contributed by atoms with Crippen molar-refractivity contribution in [3.63, 3.8) is 0 Å². The van der Waals surface area contributed by atoms with Gasteiger partial charge in [0.2, 0.25) is 11.8 Å². The Labute approximate surface area is 143 Å². The second-order valence-electron chi connectivity index (χ2n) is 6.56. The highest BCUT2D eigenvalue weighted by Crippen LogP contribution is 2.22. The lowest BCUT2D eigenvalue weighted by Gasteiger charge is -2.23. The van der Waals surface area contributed by atoms with E-state index in [1.54, 1.807) is 7.05 Å². The van der Waals surface area contributed by atoms with Gasteiger partial charge in [-0.1, -0.05) is 17.7 Å². The lowest BCUT2D eigenvalue weighted by Crippen LogP contribution is -2.39. The average Bonchev–Trinajstić information content (AvgIpc) is 2.82. The van der Waals surface area contributed by atoms with E-state index in [0.717, 1.165) is 22.4 Å². The van der Waals surface area contributed by atoms with Crippen LogP contribution in [0.5, 0.6) is 0 Å². The van der Waals surface area contributed by atoms with Crippen LogP contribution in [-0.4, -0.2) is 49.7 Å². The predicted octanol–water partition coefficient (Wildman–Crippen LogP) is 1.59. The van der Waals surface area contributed by atoms with Crippen LogP contribution in [0.4, 0.5) is 5.69 Å². The molecule has 0 bridgehead atoms. The maximum absolute atomic E-state index is 12.2. The lowest BCUT2D eigenvalue weighted by molar-refractivity contribution is -0.134. The maximum atomic E-state index is 12.2. The Morgan fingerprint density at radius 3 is 2.29 bits per heavy atom. The van der Waals surface area contributed by atoms with Crippen molar-refractivity contribution in [3.05, 3.63) is 28.8 Å². The number of nitrogens with zero attached hydrogens (tertiary/aromatic N) is 1. The van der Waals surface area contributed by atoms with Crippen LogP contribution in [0.25, 0.3) is 0 Å². The van der Waals surface area contributed by atoms with E-state index in [-0.39, 0.29) is 35.8 Å². The molecule has 1 aliphatic rings. The molecule has 1 atom stereocenters. The lowest BCUT2D eigenvalue weighted by atomic mass is 10.0. The number of carbonyl (C=O) groups is 2. The molecular formula is C17H24N2O4S. The number of anilines is 1. The second kappa shape index (κ2) is 6.93. The number of sulfone groups is 1. The molecule has 2 rings (SSSR count). The minimum atomic E-state index is -3.06. The smallest absolute Gasteiger partial charge is 0.233 e. The van der Waals surface area contributed by atoms with Gasteiger partial charge in [-0.05, 0) is 38.3 Å². The van der Waals surface area contributed by atoms with Crippen molar-refractivity contribution in [2.24, 2.45) is 0 Å². The predicted molar refractivity (Wildman–Crippen MR) is 93.7 cm³/mol. The highest BCUT2D eigenvalue weighted by molar-refractivity contribution is 7.91. The van der Waals surface area contributed by atoms with Gasteiger partial charge in [-0.15, -0.1) is 0 Å². The van der Waals surface area contributed by atoms with Crippen LogP contribution in [0.2, 0.25) is 0 Å². The molecule has 1 fully saturated rings. The summed E-state index contributed by atoms with van der Waals surface area (Å²) in [6.45, 7) is 5.81. The van der Waals surface area contributed by atoms with Crippen LogP contribution < -0.4 is 5.32 Å². The van der Waals surface area contributed by atoms with E-state index in [2.05, 4.69) is 5.32 Å². The minimum absolute atomic E-state index is 0.0208. The van der Waals surface area contributed by atoms with Crippen molar-refractivity contribution in [2.75, 3.05) is 23.9 Å². The number of benzene rings is 1. The van der Waals surface area contributed by atoms with E-state index in [1.165, 1.54) is 4.90 Å². The molecule has 1 heterocycles. The van der Waals surface area contributed by atoms with Gasteiger partial charge in [0.15, 0.2) is 9.84 Å². The molecule has 0 aliphatic carbocycles. The Morgan fingerprint density at radius 2 is 1.79 bits per heavy atom. The zero-order valence-corrected chi connectivity index (χ0v) is 15.4. The number of amides is 2. The zero-order valence-electron chi connectivity index (χ0n) is 14.5. The summed E-state index contributed by atoms with van der Waals surface area (Å²) >= 11 is 0. The molecule has 1 N–H and O–H groups in total. The topological polar surface area (TPSA) is 83.6 Å². The third-order valence-corrected chi connectivity index (χ3v) is 6.15. The van der Waals surface area contributed by atoms with Crippen LogP contribution in [0.15, 0.2) is 12.1 Å². The van der Waals surface area contributed by atoms with Gasteiger partial charge in [-0.3, -0.25) is 9.59 Å². The number of hydrogen-bond donors (Lipinski definition) is 1. The molecule has 1 aromatic rings. The molecule has 2 amide bonds. The van der Waals surface area contributed by atoms with E-state index in [9.17, 15) is 18.0 Å². The van der Waals surface area contributed by atoms with E-state index in [0.29, 0.717) is 6.42 Å². The molecule has 0 saturated carbocycles. The van der Waals surface area contributed by atoms with E-state index in [1.807, 2.05) is 32.9 Å². The summed E-state index contributed by atoms with van der Waals surface area (Å²) in [6.07, 6.45) is 0.141. The Morgan fingerprint density at radius 1 is 1.21 bits per heavy atom. The molecule has 6 nitrogen and oxygen atoms in total. The van der Waals surface area contributed by atoms with Crippen LogP contribution in [0.1, 0.15) is 29.5 Å². The van der Waals surface area contributed by atoms with E-state index < -0.39 is 9.84 Å². The molecule has 7 heteroatoms. The van der Waals surface area contributed by atoms with Gasteiger partial charge < -0.3 is 10.2 Å². The second-order valence-corrected chi connectivity index (χ2v) is 8.79. The Bertz CT molecular complexity index is 748. The molecule has 24 heavy (non-hydrogen) atoms. The zero-order chi connectivity index (χ0) is 18.1. The highest BCUT2D eigenvalue weighted by Gasteiger charge is 2.33. The molecule has 1 saturated heterocycles. The van der Waals surface area contributed by atoms with Crippen LogP contribution in [0, 0.1) is 20.8 Å². The molecule has 1 unspecified atom stereocenters. The van der Waals surface area contributed by atoms with Gasteiger partial charge in [0, 0.05) is 18.8 Å².